The number of ether oxygens (including phenoxy) is 2. The van der Waals surface area contributed by atoms with Crippen molar-refractivity contribution in [3.05, 3.63) is 79.5 Å². The summed E-state index contributed by atoms with van der Waals surface area (Å²) in [4.78, 5) is 23.4. The molecular weight excluding hydrogens is 480 g/mol. The number of nitrogens with one attached hydrogen (secondary N) is 2. The monoisotopic (exact) mass is 510 g/mol. The predicted molar refractivity (Wildman–Crippen MR) is 151 cm³/mol. The van der Waals surface area contributed by atoms with Gasteiger partial charge in [0.25, 0.3) is 0 Å². The highest BCUT2D eigenvalue weighted by Gasteiger charge is 2.23. The van der Waals surface area contributed by atoms with Crippen molar-refractivity contribution in [1.29, 1.82) is 0 Å². The highest BCUT2D eigenvalue weighted by Crippen LogP contribution is 2.34. The summed E-state index contributed by atoms with van der Waals surface area (Å²) in [5, 5.41) is 7.02. The van der Waals surface area contributed by atoms with Crippen LogP contribution in [0.3, 0.4) is 0 Å². The zero-order valence-corrected chi connectivity index (χ0v) is 21.2. The topological polar surface area (TPSA) is 115 Å². The number of morpholine rings is 1. The lowest BCUT2D eigenvalue weighted by atomic mass is 10.0. The molecule has 1 fully saturated rings. The van der Waals surface area contributed by atoms with Gasteiger partial charge < -0.3 is 30.7 Å². The minimum Gasteiger partial charge on any atom is -0.494 e. The van der Waals surface area contributed by atoms with Crippen LogP contribution in [0.1, 0.15) is 0 Å². The number of benzene rings is 3. The van der Waals surface area contributed by atoms with Crippen LogP contribution < -0.4 is 26.0 Å². The molecule has 1 aliphatic heterocycles. The summed E-state index contributed by atoms with van der Waals surface area (Å²) < 4.78 is 11.3. The van der Waals surface area contributed by atoms with Crippen LogP contribution in [0, 0.1) is 0 Å². The smallest absolute Gasteiger partial charge is 0.247 e. The maximum absolute atomic E-state index is 11.8. The molecule has 4 N–H and O–H groups in total. The number of anilines is 4. The van der Waals surface area contributed by atoms with Crippen molar-refractivity contribution in [2.24, 2.45) is 5.73 Å². The molecule has 1 aromatic heterocycles. The molecule has 0 bridgehead atoms. The summed E-state index contributed by atoms with van der Waals surface area (Å²) >= 11 is 0. The molecule has 3 aromatic carbocycles. The van der Waals surface area contributed by atoms with Gasteiger partial charge in [-0.1, -0.05) is 36.9 Å². The van der Waals surface area contributed by atoms with Crippen LogP contribution in [0.15, 0.2) is 79.5 Å². The number of para-hydroxylation sites is 1. The predicted octanol–water partition coefficient (Wildman–Crippen LogP) is 4.34. The van der Waals surface area contributed by atoms with E-state index in [2.05, 4.69) is 27.1 Å². The standard InChI is InChI=1S/C29H30N6O3/c1-3-27(36)32-21-8-4-6-19(14-21)24-9-5-7-20-17-31-29(34-28(20)24)33-25-11-10-22(15-26(25)37-2)35-12-13-38-18-23(35)16-30/h3-11,14-15,17,23H,1,12-13,16,18,30H2,2H3,(H,32,36)(H,31,33,34)/t23-/m1/s1. The van der Waals surface area contributed by atoms with Gasteiger partial charge in [0.2, 0.25) is 11.9 Å². The fourth-order valence-corrected chi connectivity index (χ4v) is 4.58. The first-order valence-corrected chi connectivity index (χ1v) is 12.4. The molecule has 0 radical (unpaired) electrons. The Morgan fingerprint density at radius 3 is 2.92 bits per heavy atom. The SMILES string of the molecule is C=CC(=O)Nc1cccc(-c2cccc3cnc(Nc4ccc(N5CCOC[C@H]5CN)cc4OC)nc23)c1. The third-order valence-corrected chi connectivity index (χ3v) is 6.50. The molecule has 1 saturated heterocycles. The van der Waals surface area contributed by atoms with E-state index in [1.54, 1.807) is 13.3 Å². The Balaban J connectivity index is 1.46. The average molecular weight is 511 g/mol. The molecule has 1 atom stereocenters. The van der Waals surface area contributed by atoms with Crippen molar-refractivity contribution < 1.29 is 14.3 Å². The molecule has 4 aromatic rings. The van der Waals surface area contributed by atoms with Crippen LogP contribution in [-0.4, -0.2) is 55.3 Å². The number of hydrogen-bond donors (Lipinski definition) is 3. The lowest BCUT2D eigenvalue weighted by Gasteiger charge is -2.37. The summed E-state index contributed by atoms with van der Waals surface area (Å²) in [5.74, 6) is 0.853. The molecule has 0 saturated carbocycles. The fourth-order valence-electron chi connectivity index (χ4n) is 4.58. The molecule has 194 valence electrons. The van der Waals surface area contributed by atoms with Gasteiger partial charge in [-0.05, 0) is 35.9 Å². The number of nitrogens with two attached hydrogens (primary N) is 1. The summed E-state index contributed by atoms with van der Waals surface area (Å²) in [6.45, 7) is 6.07. The van der Waals surface area contributed by atoms with E-state index < -0.39 is 0 Å². The van der Waals surface area contributed by atoms with Gasteiger partial charge in [-0.2, -0.15) is 0 Å². The molecule has 9 nitrogen and oxygen atoms in total. The Morgan fingerprint density at radius 1 is 1.24 bits per heavy atom. The zero-order valence-electron chi connectivity index (χ0n) is 21.2. The second kappa shape index (κ2) is 11.3. The molecule has 0 spiro atoms. The van der Waals surface area contributed by atoms with Crippen LogP contribution in [0.25, 0.3) is 22.0 Å². The first kappa shape index (κ1) is 25.2. The number of nitrogens with zero attached hydrogens (tertiary/aromatic N) is 3. The quantitative estimate of drug-likeness (QED) is 0.300. The number of aromatic nitrogens is 2. The summed E-state index contributed by atoms with van der Waals surface area (Å²) in [5.41, 5.74) is 11.0. The fraction of sp³-hybridized carbons (Fsp3) is 0.207. The van der Waals surface area contributed by atoms with Crippen molar-refractivity contribution in [2.75, 3.05) is 48.9 Å². The van der Waals surface area contributed by atoms with Gasteiger partial charge in [0.15, 0.2) is 0 Å². The number of carbonyl (C=O) groups excluding carboxylic acids is 1. The number of carbonyl (C=O) groups is 1. The van der Waals surface area contributed by atoms with Crippen LogP contribution in [0.2, 0.25) is 0 Å². The van der Waals surface area contributed by atoms with E-state index in [-0.39, 0.29) is 11.9 Å². The molecule has 2 heterocycles. The van der Waals surface area contributed by atoms with E-state index in [0.717, 1.165) is 39.9 Å². The molecular formula is C29H30N6O3. The second-order valence-corrected chi connectivity index (χ2v) is 8.88. The number of amides is 1. The van der Waals surface area contributed by atoms with Crippen molar-refractivity contribution in [2.45, 2.75) is 6.04 Å². The average Bonchev–Trinajstić information content (AvgIpc) is 2.97. The number of fused-ring (bicyclic) bond motifs is 1. The largest absolute Gasteiger partial charge is 0.494 e. The van der Waals surface area contributed by atoms with E-state index in [0.29, 0.717) is 37.1 Å². The summed E-state index contributed by atoms with van der Waals surface area (Å²) in [6, 6.07) is 19.7. The Labute approximate surface area is 221 Å². The van der Waals surface area contributed by atoms with Gasteiger partial charge in [-0.15, -0.1) is 0 Å². The molecule has 1 amide bonds. The van der Waals surface area contributed by atoms with E-state index in [9.17, 15) is 4.79 Å². The number of hydrogen-bond acceptors (Lipinski definition) is 8. The molecule has 1 aliphatic rings. The third kappa shape index (κ3) is 5.29. The summed E-state index contributed by atoms with van der Waals surface area (Å²) in [6.07, 6.45) is 3.03. The Bertz CT molecular complexity index is 1470. The summed E-state index contributed by atoms with van der Waals surface area (Å²) in [7, 11) is 1.64. The highest BCUT2D eigenvalue weighted by atomic mass is 16.5. The van der Waals surface area contributed by atoms with Crippen molar-refractivity contribution in [3.63, 3.8) is 0 Å². The normalized spacial score (nSPS) is 15.2. The van der Waals surface area contributed by atoms with E-state index in [1.807, 2.05) is 60.7 Å². The van der Waals surface area contributed by atoms with Gasteiger partial charge in [0, 0.05) is 47.7 Å². The maximum Gasteiger partial charge on any atom is 0.247 e. The van der Waals surface area contributed by atoms with Gasteiger partial charge in [0.05, 0.1) is 37.6 Å². The molecule has 9 heteroatoms. The molecule has 38 heavy (non-hydrogen) atoms. The first-order valence-electron chi connectivity index (χ1n) is 12.4. The van der Waals surface area contributed by atoms with E-state index >= 15 is 0 Å². The lowest BCUT2D eigenvalue weighted by molar-refractivity contribution is -0.111. The minimum absolute atomic E-state index is 0.123. The third-order valence-electron chi connectivity index (χ3n) is 6.50. The molecule has 0 aliphatic carbocycles. The Morgan fingerprint density at radius 2 is 2.11 bits per heavy atom. The van der Waals surface area contributed by atoms with Crippen LogP contribution in [-0.2, 0) is 9.53 Å². The molecule has 5 rings (SSSR count). The van der Waals surface area contributed by atoms with Crippen molar-refractivity contribution >= 4 is 39.8 Å². The highest BCUT2D eigenvalue weighted by molar-refractivity contribution is 6.00. The van der Waals surface area contributed by atoms with E-state index in [4.69, 9.17) is 20.2 Å². The van der Waals surface area contributed by atoms with Crippen molar-refractivity contribution in [3.8, 4) is 16.9 Å². The van der Waals surface area contributed by atoms with Crippen LogP contribution >= 0.6 is 0 Å². The number of rotatable bonds is 8. The second-order valence-electron chi connectivity index (χ2n) is 8.88. The number of methoxy groups -OCH3 is 1. The van der Waals surface area contributed by atoms with Gasteiger partial charge in [0.1, 0.15) is 5.75 Å². The van der Waals surface area contributed by atoms with Gasteiger partial charge in [-0.3, -0.25) is 4.79 Å². The van der Waals surface area contributed by atoms with E-state index in [1.165, 1.54) is 6.08 Å². The van der Waals surface area contributed by atoms with Gasteiger partial charge in [-0.25, -0.2) is 9.97 Å². The lowest BCUT2D eigenvalue weighted by Crippen LogP contribution is -2.49. The van der Waals surface area contributed by atoms with Crippen LogP contribution in [0.5, 0.6) is 5.75 Å². The first-order chi connectivity index (χ1) is 18.6. The maximum atomic E-state index is 11.8. The van der Waals surface area contributed by atoms with Gasteiger partial charge >= 0.3 is 0 Å². The minimum atomic E-state index is -0.263. The Kier molecular flexibility index (Phi) is 7.48. The van der Waals surface area contributed by atoms with Crippen molar-refractivity contribution in [1.82, 2.24) is 9.97 Å². The molecule has 0 unspecified atom stereocenters. The zero-order chi connectivity index (χ0) is 26.5. The Hall–Kier alpha value is -4.47. The van der Waals surface area contributed by atoms with Crippen LogP contribution in [0.4, 0.5) is 23.0 Å².